The van der Waals surface area contributed by atoms with Crippen molar-refractivity contribution in [1.82, 2.24) is 10.2 Å². The molecule has 2 fully saturated rings. The first-order valence-corrected chi connectivity index (χ1v) is 7.26. The molecule has 100 valence electrons. The zero-order chi connectivity index (χ0) is 12.3. The zero-order valence-electron chi connectivity index (χ0n) is 11.4. The SMILES string of the molecule is CNC1CC(C(C)O)CN(CC2CCCC2)C1. The van der Waals surface area contributed by atoms with Gasteiger partial charge >= 0.3 is 0 Å². The molecule has 0 radical (unpaired) electrons. The van der Waals surface area contributed by atoms with Gasteiger partial charge in [-0.25, -0.2) is 0 Å². The van der Waals surface area contributed by atoms with E-state index in [4.69, 9.17) is 0 Å². The second kappa shape index (κ2) is 6.17. The molecule has 3 nitrogen and oxygen atoms in total. The Bertz CT molecular complexity index is 224. The maximum absolute atomic E-state index is 9.81. The lowest BCUT2D eigenvalue weighted by molar-refractivity contribution is 0.0433. The fraction of sp³-hybridized carbons (Fsp3) is 1.00. The van der Waals surface area contributed by atoms with Gasteiger partial charge in [0.2, 0.25) is 0 Å². The molecule has 1 heterocycles. The molecule has 0 amide bonds. The van der Waals surface area contributed by atoms with Gasteiger partial charge in [0.25, 0.3) is 0 Å². The van der Waals surface area contributed by atoms with Crippen LogP contribution in [0.4, 0.5) is 0 Å². The van der Waals surface area contributed by atoms with Crippen LogP contribution in [-0.2, 0) is 0 Å². The van der Waals surface area contributed by atoms with Crippen LogP contribution in [0.1, 0.15) is 39.0 Å². The molecule has 3 unspecified atom stereocenters. The first-order chi connectivity index (χ1) is 8.19. The minimum Gasteiger partial charge on any atom is -0.393 e. The van der Waals surface area contributed by atoms with Crippen LogP contribution in [0.25, 0.3) is 0 Å². The standard InChI is InChI=1S/C14H28N2O/c1-11(17)13-7-14(15-2)10-16(9-13)8-12-5-3-4-6-12/h11-15,17H,3-10H2,1-2H3. The topological polar surface area (TPSA) is 35.5 Å². The highest BCUT2D eigenvalue weighted by molar-refractivity contribution is 4.86. The summed E-state index contributed by atoms with van der Waals surface area (Å²) in [6.07, 6.45) is 6.63. The molecule has 3 heteroatoms. The van der Waals surface area contributed by atoms with Crippen molar-refractivity contribution in [3.05, 3.63) is 0 Å². The predicted molar refractivity (Wildman–Crippen MR) is 71.0 cm³/mol. The Morgan fingerprint density at radius 2 is 2.00 bits per heavy atom. The lowest BCUT2D eigenvalue weighted by Crippen LogP contribution is -2.51. The van der Waals surface area contributed by atoms with Crippen molar-refractivity contribution < 1.29 is 5.11 Å². The second-order valence-electron chi connectivity index (χ2n) is 6.09. The second-order valence-corrected chi connectivity index (χ2v) is 6.09. The number of aliphatic hydroxyl groups excluding tert-OH is 1. The molecule has 0 bridgehead atoms. The van der Waals surface area contributed by atoms with E-state index in [0.717, 1.165) is 25.4 Å². The molecule has 2 aliphatic rings. The van der Waals surface area contributed by atoms with Gasteiger partial charge in [-0.05, 0) is 45.1 Å². The van der Waals surface area contributed by atoms with Crippen LogP contribution >= 0.6 is 0 Å². The number of likely N-dealkylation sites (N-methyl/N-ethyl adjacent to an activating group) is 1. The van der Waals surface area contributed by atoms with Crippen LogP contribution in [0.3, 0.4) is 0 Å². The van der Waals surface area contributed by atoms with E-state index in [1.54, 1.807) is 0 Å². The third-order valence-corrected chi connectivity index (χ3v) is 4.64. The van der Waals surface area contributed by atoms with Gasteiger partial charge in [-0.2, -0.15) is 0 Å². The third kappa shape index (κ3) is 3.67. The summed E-state index contributed by atoms with van der Waals surface area (Å²) in [4.78, 5) is 2.58. The van der Waals surface area contributed by atoms with Crippen LogP contribution in [0, 0.1) is 11.8 Å². The summed E-state index contributed by atoms with van der Waals surface area (Å²) >= 11 is 0. The van der Waals surface area contributed by atoms with E-state index < -0.39 is 0 Å². The van der Waals surface area contributed by atoms with Gasteiger partial charge in [0, 0.05) is 25.7 Å². The molecule has 2 N–H and O–H groups in total. The molecule has 1 aliphatic heterocycles. The van der Waals surface area contributed by atoms with Crippen LogP contribution in [0.15, 0.2) is 0 Å². The quantitative estimate of drug-likeness (QED) is 0.781. The Morgan fingerprint density at radius 3 is 2.59 bits per heavy atom. The number of rotatable bonds is 4. The molecular formula is C14H28N2O. The van der Waals surface area contributed by atoms with E-state index in [2.05, 4.69) is 10.2 Å². The summed E-state index contributed by atoms with van der Waals surface area (Å²) in [6, 6.07) is 0.560. The Morgan fingerprint density at radius 1 is 1.29 bits per heavy atom. The van der Waals surface area contributed by atoms with E-state index in [1.165, 1.54) is 32.2 Å². The molecule has 17 heavy (non-hydrogen) atoms. The van der Waals surface area contributed by atoms with Crippen LogP contribution in [0.5, 0.6) is 0 Å². The highest BCUT2D eigenvalue weighted by Crippen LogP contribution is 2.28. The summed E-state index contributed by atoms with van der Waals surface area (Å²) in [5.74, 6) is 1.36. The van der Waals surface area contributed by atoms with Gasteiger partial charge in [-0.15, -0.1) is 0 Å². The highest BCUT2D eigenvalue weighted by Gasteiger charge is 2.30. The van der Waals surface area contributed by atoms with Crippen molar-refractivity contribution >= 4 is 0 Å². The lowest BCUT2D eigenvalue weighted by atomic mass is 9.89. The van der Waals surface area contributed by atoms with E-state index in [1.807, 2.05) is 14.0 Å². The first-order valence-electron chi connectivity index (χ1n) is 7.26. The minimum atomic E-state index is -0.169. The molecule has 1 saturated heterocycles. The number of hydrogen-bond acceptors (Lipinski definition) is 3. The maximum Gasteiger partial charge on any atom is 0.0553 e. The summed E-state index contributed by atoms with van der Waals surface area (Å²) in [6.45, 7) is 5.44. The van der Waals surface area contributed by atoms with Gasteiger partial charge in [-0.3, -0.25) is 0 Å². The number of likely N-dealkylation sites (tertiary alicyclic amines) is 1. The monoisotopic (exact) mass is 240 g/mol. The van der Waals surface area contributed by atoms with Crippen molar-refractivity contribution in [3.8, 4) is 0 Å². The Balaban J connectivity index is 1.86. The number of piperidine rings is 1. The van der Waals surface area contributed by atoms with E-state index in [0.29, 0.717) is 12.0 Å². The molecule has 1 saturated carbocycles. The van der Waals surface area contributed by atoms with Crippen molar-refractivity contribution in [2.24, 2.45) is 11.8 Å². The van der Waals surface area contributed by atoms with Crippen LogP contribution in [0.2, 0.25) is 0 Å². The van der Waals surface area contributed by atoms with Gasteiger partial charge in [-0.1, -0.05) is 12.8 Å². The first kappa shape index (κ1) is 13.3. The summed E-state index contributed by atoms with van der Waals surface area (Å²) in [7, 11) is 2.04. The Labute approximate surface area is 106 Å². The van der Waals surface area contributed by atoms with Gasteiger partial charge < -0.3 is 15.3 Å². The van der Waals surface area contributed by atoms with E-state index in [-0.39, 0.29) is 6.10 Å². The summed E-state index contributed by atoms with van der Waals surface area (Å²) in [5.41, 5.74) is 0. The van der Waals surface area contributed by atoms with E-state index >= 15 is 0 Å². The molecule has 0 spiro atoms. The fourth-order valence-corrected chi connectivity index (χ4v) is 3.50. The molecule has 1 aliphatic carbocycles. The van der Waals surface area contributed by atoms with Crippen LogP contribution in [-0.4, -0.2) is 48.8 Å². The summed E-state index contributed by atoms with van der Waals surface area (Å²) < 4.78 is 0. The number of nitrogens with one attached hydrogen (secondary N) is 1. The zero-order valence-corrected chi connectivity index (χ0v) is 11.4. The largest absolute Gasteiger partial charge is 0.393 e. The van der Waals surface area contributed by atoms with Gasteiger partial charge in [0.15, 0.2) is 0 Å². The molecule has 0 aromatic rings. The number of nitrogens with zero attached hydrogens (tertiary/aromatic N) is 1. The number of hydrogen-bond donors (Lipinski definition) is 2. The van der Waals surface area contributed by atoms with Crippen LogP contribution < -0.4 is 5.32 Å². The number of aliphatic hydroxyl groups is 1. The third-order valence-electron chi connectivity index (χ3n) is 4.64. The molecule has 0 aromatic carbocycles. The van der Waals surface area contributed by atoms with Crippen molar-refractivity contribution in [3.63, 3.8) is 0 Å². The minimum absolute atomic E-state index is 0.169. The van der Waals surface area contributed by atoms with E-state index in [9.17, 15) is 5.11 Å². The average molecular weight is 240 g/mol. The molecular weight excluding hydrogens is 212 g/mol. The van der Waals surface area contributed by atoms with Crippen molar-refractivity contribution in [2.75, 3.05) is 26.7 Å². The fourth-order valence-electron chi connectivity index (χ4n) is 3.50. The van der Waals surface area contributed by atoms with Crippen molar-refractivity contribution in [2.45, 2.75) is 51.2 Å². The maximum atomic E-state index is 9.81. The van der Waals surface area contributed by atoms with Gasteiger partial charge in [0.1, 0.15) is 0 Å². The lowest BCUT2D eigenvalue weighted by Gasteiger charge is -2.40. The normalized spacial score (nSPS) is 34.1. The highest BCUT2D eigenvalue weighted by atomic mass is 16.3. The average Bonchev–Trinajstić information content (AvgIpc) is 2.81. The molecule has 3 atom stereocenters. The predicted octanol–water partition coefficient (Wildman–Crippen LogP) is 1.47. The molecule has 0 aromatic heterocycles. The van der Waals surface area contributed by atoms with Crippen molar-refractivity contribution in [1.29, 1.82) is 0 Å². The van der Waals surface area contributed by atoms with Gasteiger partial charge in [0.05, 0.1) is 6.10 Å². The smallest absolute Gasteiger partial charge is 0.0553 e. The Kier molecular flexibility index (Phi) is 4.83. The summed E-state index contributed by atoms with van der Waals surface area (Å²) in [5, 5.41) is 13.2. The molecule has 2 rings (SSSR count). The Hall–Kier alpha value is -0.120.